The number of carbonyl (C=O) groups is 5. The van der Waals surface area contributed by atoms with Gasteiger partial charge >= 0.3 is 0 Å². The Balaban J connectivity index is 0.734. The number of fused-ring (bicyclic) bond motifs is 1. The molecule has 4 amide bonds. The lowest BCUT2D eigenvalue weighted by Gasteiger charge is -2.40. The van der Waals surface area contributed by atoms with Gasteiger partial charge < -0.3 is 61.0 Å². The predicted molar refractivity (Wildman–Crippen MR) is 283 cm³/mol. The number of amides is 4. The minimum Gasteiger partial charge on any atom is -0.494 e. The van der Waals surface area contributed by atoms with Crippen molar-refractivity contribution < 1.29 is 42.9 Å². The maximum atomic E-state index is 13.2. The third-order valence-electron chi connectivity index (χ3n) is 13.0. The second-order valence-electron chi connectivity index (χ2n) is 18.4. The number of unbranched alkanes of at least 4 members (excludes halogenated alkanes) is 5. The van der Waals surface area contributed by atoms with E-state index in [0.29, 0.717) is 126 Å². The van der Waals surface area contributed by atoms with Gasteiger partial charge in [0.05, 0.1) is 38.6 Å². The topological polar surface area (TPSA) is 272 Å². The summed E-state index contributed by atoms with van der Waals surface area (Å²) in [5.41, 5.74) is 9.20. The first-order valence-electron chi connectivity index (χ1n) is 25.7. The fourth-order valence-electron chi connectivity index (χ4n) is 8.80. The minimum atomic E-state index is -0.894. The Morgan fingerprint density at radius 2 is 1.46 bits per heavy atom. The van der Waals surface area contributed by atoms with E-state index < -0.39 is 17.5 Å². The fourth-order valence-corrected chi connectivity index (χ4v) is 8.80. The molecule has 2 aliphatic rings. The molecule has 6 rings (SSSR count). The number of aldehydes is 1. The van der Waals surface area contributed by atoms with E-state index in [0.717, 1.165) is 55.5 Å². The van der Waals surface area contributed by atoms with Crippen LogP contribution < -0.4 is 37.1 Å². The van der Waals surface area contributed by atoms with Crippen molar-refractivity contribution in [2.24, 2.45) is 5.73 Å². The Morgan fingerprint density at radius 3 is 2.15 bits per heavy atom. The van der Waals surface area contributed by atoms with Crippen molar-refractivity contribution in [1.82, 2.24) is 25.8 Å². The lowest BCUT2D eigenvalue weighted by molar-refractivity contribution is -0.123. The number of aromatic nitrogens is 1. The number of rotatable bonds is 33. The first kappa shape index (κ1) is 56.2. The van der Waals surface area contributed by atoms with E-state index in [1.807, 2.05) is 36.4 Å². The third-order valence-corrected chi connectivity index (χ3v) is 13.0. The zero-order valence-corrected chi connectivity index (χ0v) is 42.2. The van der Waals surface area contributed by atoms with Gasteiger partial charge in [0.1, 0.15) is 29.7 Å². The summed E-state index contributed by atoms with van der Waals surface area (Å²) in [6, 6.07) is 22.7. The molecular formula is C55H72N10O9. The number of benzene rings is 3. The Labute approximate surface area is 433 Å². The number of nitrogens with two attached hydrogens (primary N) is 1. The van der Waals surface area contributed by atoms with E-state index in [-0.39, 0.29) is 48.8 Å². The van der Waals surface area contributed by atoms with Crippen molar-refractivity contribution in [2.45, 2.75) is 102 Å². The van der Waals surface area contributed by atoms with Crippen LogP contribution in [0.4, 0.5) is 11.4 Å². The first-order valence-corrected chi connectivity index (χ1v) is 25.7. The summed E-state index contributed by atoms with van der Waals surface area (Å²) in [5, 5.41) is 33.3. The number of primary amides is 1. The number of ether oxygens (including phenoxy) is 4. The van der Waals surface area contributed by atoms with Gasteiger partial charge in [-0.15, -0.1) is 0 Å². The minimum absolute atomic E-state index is 0.111. The van der Waals surface area contributed by atoms with Gasteiger partial charge in [-0.1, -0.05) is 37.1 Å². The van der Waals surface area contributed by atoms with Crippen molar-refractivity contribution in [3.05, 3.63) is 119 Å². The van der Waals surface area contributed by atoms with E-state index in [4.69, 9.17) is 35.5 Å². The fraction of sp³-hybridized carbons (Fsp3) is 0.455. The summed E-state index contributed by atoms with van der Waals surface area (Å²) in [7, 11) is 0. The molecule has 0 spiro atoms. The molecule has 0 bridgehead atoms. The summed E-state index contributed by atoms with van der Waals surface area (Å²) in [5.74, 6) is -0.265. The molecule has 19 heteroatoms. The second kappa shape index (κ2) is 30.2. The lowest BCUT2D eigenvalue weighted by Crippen LogP contribution is -2.58. The highest BCUT2D eigenvalue weighted by molar-refractivity contribution is 6.10. The number of piperidine rings is 1. The number of hydrogen-bond acceptors (Lipinski definition) is 14. The highest BCUT2D eigenvalue weighted by Crippen LogP contribution is 2.32. The van der Waals surface area contributed by atoms with E-state index >= 15 is 0 Å². The van der Waals surface area contributed by atoms with Gasteiger partial charge in [-0.3, -0.25) is 35.0 Å². The average molecular weight is 1020 g/mol. The van der Waals surface area contributed by atoms with Crippen LogP contribution in [0.3, 0.4) is 0 Å². The molecular weight excluding hydrogens is 945 g/mol. The molecule has 1 fully saturated rings. The molecule has 9 N–H and O–H groups in total. The van der Waals surface area contributed by atoms with E-state index in [1.165, 1.54) is 4.90 Å². The zero-order valence-electron chi connectivity index (χ0n) is 42.2. The molecule has 3 heterocycles. The van der Waals surface area contributed by atoms with Gasteiger partial charge in [-0.25, -0.2) is 0 Å². The third kappa shape index (κ3) is 17.6. The highest BCUT2D eigenvalue weighted by atomic mass is 16.5. The van der Waals surface area contributed by atoms with Gasteiger partial charge in [-0.05, 0) is 125 Å². The van der Waals surface area contributed by atoms with Gasteiger partial charge in [0.15, 0.2) is 0 Å². The number of carbonyl (C=O) groups excluding carboxylic acids is 5. The lowest BCUT2D eigenvalue weighted by atomic mass is 9.86. The van der Waals surface area contributed by atoms with Crippen LogP contribution in [0.5, 0.6) is 5.75 Å². The normalized spacial score (nSPS) is 14.1. The number of amidine groups is 2. The molecule has 1 unspecified atom stereocenters. The Morgan fingerprint density at radius 1 is 0.797 bits per heavy atom. The SMILES string of the molecule is N=C(NC(=N)C1(Nc2cccc(C(=O)NCc3ccc(OCCCCCCOCCOCCOCCCCCC(=O)Nc4cccc5c4CN(C(CCC=O)C(N)=O)C5=O)cc3)c2)CCNCC1)c1ccncc1. The predicted octanol–water partition coefficient (Wildman–Crippen LogP) is 6.12. The van der Waals surface area contributed by atoms with E-state index in [2.05, 4.69) is 31.6 Å². The monoisotopic (exact) mass is 1020 g/mol. The number of pyridine rings is 1. The molecule has 2 aliphatic heterocycles. The molecule has 396 valence electrons. The van der Waals surface area contributed by atoms with E-state index in [9.17, 15) is 24.0 Å². The summed E-state index contributed by atoms with van der Waals surface area (Å²) >= 11 is 0. The van der Waals surface area contributed by atoms with Crippen LogP contribution in [0, 0.1) is 10.8 Å². The first-order chi connectivity index (χ1) is 36.1. The summed E-state index contributed by atoms with van der Waals surface area (Å²) in [6.45, 7) is 5.77. The molecule has 1 saturated heterocycles. The van der Waals surface area contributed by atoms with Crippen LogP contribution in [0.1, 0.15) is 114 Å². The maximum Gasteiger partial charge on any atom is 0.255 e. The van der Waals surface area contributed by atoms with Crippen LogP contribution in [0.15, 0.2) is 91.3 Å². The summed E-state index contributed by atoms with van der Waals surface area (Å²) in [6.07, 6.45) is 12.1. The number of nitrogens with one attached hydrogen (secondary N) is 7. The Bertz CT molecular complexity index is 2470. The molecule has 4 aromatic rings. The molecule has 1 atom stereocenters. The van der Waals surface area contributed by atoms with Crippen LogP contribution in [0.25, 0.3) is 0 Å². The standard InChI is InChI=1S/C55H72N10O9/c56-50(41-21-25-59-26-22-41)63-54(58)55(23-27-60-28-24-55)64-43-12-8-11-42(37-43)52(69)61-38-40-17-19-44(20-18-40)74-32-7-2-1-5-30-71-33-35-73-36-34-72-31-6-3-4-16-49(67)62-47-14-9-13-45-46(47)39-65(53(45)70)48(51(57)68)15-10-29-66/h8-9,11-14,17-22,25-26,29,37,48,60,64H,1-7,10,15-16,23-24,27-28,30-36,38-39H2,(H2,57,68)(H,61,69)(H,62,67)(H3,56,58,63). The Hall–Kier alpha value is -7.06. The van der Waals surface area contributed by atoms with Crippen molar-refractivity contribution >= 4 is 53.0 Å². The quantitative estimate of drug-likeness (QED) is 0.0116. The molecule has 0 saturated carbocycles. The second-order valence-corrected chi connectivity index (χ2v) is 18.4. The van der Waals surface area contributed by atoms with Crippen LogP contribution in [0.2, 0.25) is 0 Å². The van der Waals surface area contributed by atoms with Crippen LogP contribution in [-0.2, 0) is 41.7 Å². The van der Waals surface area contributed by atoms with Crippen molar-refractivity contribution in [2.75, 3.05) is 70.0 Å². The highest BCUT2D eigenvalue weighted by Gasteiger charge is 2.38. The van der Waals surface area contributed by atoms with Crippen molar-refractivity contribution in [3.63, 3.8) is 0 Å². The molecule has 19 nitrogen and oxygen atoms in total. The largest absolute Gasteiger partial charge is 0.494 e. The van der Waals surface area contributed by atoms with Crippen molar-refractivity contribution in [1.29, 1.82) is 10.8 Å². The number of anilines is 2. The zero-order chi connectivity index (χ0) is 52.4. The molecule has 3 aromatic carbocycles. The Kier molecular flexibility index (Phi) is 23.0. The average Bonchev–Trinajstić information content (AvgIpc) is 3.75. The molecule has 74 heavy (non-hydrogen) atoms. The van der Waals surface area contributed by atoms with Crippen LogP contribution >= 0.6 is 0 Å². The van der Waals surface area contributed by atoms with Gasteiger partial charge in [0, 0.05) is 85.2 Å². The van der Waals surface area contributed by atoms with Crippen LogP contribution in [-0.4, -0.2) is 122 Å². The molecule has 0 aliphatic carbocycles. The van der Waals surface area contributed by atoms with Gasteiger partial charge in [-0.2, -0.15) is 0 Å². The van der Waals surface area contributed by atoms with Gasteiger partial charge in [0.25, 0.3) is 11.8 Å². The van der Waals surface area contributed by atoms with E-state index in [1.54, 1.807) is 54.9 Å². The van der Waals surface area contributed by atoms with Crippen molar-refractivity contribution in [3.8, 4) is 5.75 Å². The maximum absolute atomic E-state index is 13.2. The molecule has 1 aromatic heterocycles. The van der Waals surface area contributed by atoms with Gasteiger partial charge in [0.2, 0.25) is 11.8 Å². The molecule has 0 radical (unpaired) electrons. The summed E-state index contributed by atoms with van der Waals surface area (Å²) in [4.78, 5) is 67.2. The summed E-state index contributed by atoms with van der Waals surface area (Å²) < 4.78 is 23.0. The number of nitrogens with zero attached hydrogens (tertiary/aromatic N) is 2. The smallest absolute Gasteiger partial charge is 0.255 e. The number of hydrogen-bond donors (Lipinski definition) is 8.